The second-order valence-electron chi connectivity index (χ2n) is 6.35. The first kappa shape index (κ1) is 19.3. The quantitative estimate of drug-likeness (QED) is 0.750. The highest BCUT2D eigenvalue weighted by molar-refractivity contribution is 5.81. The third-order valence-corrected chi connectivity index (χ3v) is 4.27. The molecule has 1 aliphatic carbocycles. The van der Waals surface area contributed by atoms with Crippen molar-refractivity contribution < 1.29 is 22.7 Å². The van der Waals surface area contributed by atoms with Crippen LogP contribution < -0.4 is 10.1 Å². The molecule has 1 N–H and O–H groups in total. The zero-order valence-electron chi connectivity index (χ0n) is 14.1. The number of carbonyl (C=O) groups is 1. The molecule has 0 radical (unpaired) electrons. The number of rotatable bonds is 6. The van der Waals surface area contributed by atoms with E-state index >= 15 is 0 Å². The van der Waals surface area contributed by atoms with Crippen LogP contribution >= 0.6 is 0 Å². The number of alkyl halides is 3. The van der Waals surface area contributed by atoms with E-state index in [9.17, 15) is 18.0 Å². The summed E-state index contributed by atoms with van der Waals surface area (Å²) >= 11 is 0. The summed E-state index contributed by atoms with van der Waals surface area (Å²) in [5.41, 5.74) is 0.819. The second-order valence-corrected chi connectivity index (χ2v) is 6.35. The van der Waals surface area contributed by atoms with Crippen molar-refractivity contribution >= 4 is 12.0 Å². The molecule has 0 heterocycles. The van der Waals surface area contributed by atoms with Gasteiger partial charge in [0.25, 0.3) is 0 Å². The average Bonchev–Trinajstić information content (AvgIpc) is 2.85. The molecule has 0 atom stereocenters. The number of amides is 1. The molecule has 25 heavy (non-hydrogen) atoms. The maximum Gasteiger partial charge on any atom is 0.471 e. The summed E-state index contributed by atoms with van der Waals surface area (Å²) in [6.45, 7) is 0.528. The van der Waals surface area contributed by atoms with E-state index in [-0.39, 0.29) is 6.54 Å². The Hall–Kier alpha value is -1.98. The number of carbonyl (C=O) groups excluding carboxylic acids is 1. The third-order valence-electron chi connectivity index (χ3n) is 4.27. The fourth-order valence-corrected chi connectivity index (χ4v) is 2.90. The summed E-state index contributed by atoms with van der Waals surface area (Å²) in [5.74, 6) is -0.581. The molecule has 0 bridgehead atoms. The summed E-state index contributed by atoms with van der Waals surface area (Å²) in [6, 6.07) is 7.40. The smallest absolute Gasteiger partial charge is 0.471 e. The molecule has 1 saturated carbocycles. The van der Waals surface area contributed by atoms with Crippen molar-refractivity contribution in [2.45, 2.75) is 44.7 Å². The van der Waals surface area contributed by atoms with Crippen LogP contribution in [-0.4, -0.2) is 25.2 Å². The van der Waals surface area contributed by atoms with Crippen LogP contribution in [-0.2, 0) is 4.79 Å². The number of hydrogen-bond donors (Lipinski definition) is 1. The lowest BCUT2D eigenvalue weighted by atomic mass is 10.0. The van der Waals surface area contributed by atoms with E-state index < -0.39 is 12.1 Å². The molecule has 1 amide bonds. The summed E-state index contributed by atoms with van der Waals surface area (Å²) in [6.07, 6.45) is 5.85. The highest BCUT2D eigenvalue weighted by Gasteiger charge is 2.37. The van der Waals surface area contributed by atoms with Gasteiger partial charge in [0.05, 0.1) is 6.61 Å². The van der Waals surface area contributed by atoms with Gasteiger partial charge in [-0.05, 0) is 36.5 Å². The number of benzene rings is 1. The van der Waals surface area contributed by atoms with E-state index in [1.54, 1.807) is 11.4 Å². The SMILES string of the molecule is O=C(NCC=Cc1cccc(OCC2CCCCCC2)c1)C(F)(F)F. The van der Waals surface area contributed by atoms with E-state index in [0.29, 0.717) is 12.5 Å². The summed E-state index contributed by atoms with van der Waals surface area (Å²) < 4.78 is 42.1. The van der Waals surface area contributed by atoms with E-state index in [0.717, 1.165) is 11.3 Å². The van der Waals surface area contributed by atoms with Crippen molar-refractivity contribution in [3.8, 4) is 5.75 Å². The molecule has 0 aliphatic heterocycles. The van der Waals surface area contributed by atoms with Gasteiger partial charge in [-0.15, -0.1) is 0 Å². The van der Waals surface area contributed by atoms with E-state index in [2.05, 4.69) is 0 Å². The second kappa shape index (κ2) is 9.49. The monoisotopic (exact) mass is 355 g/mol. The topological polar surface area (TPSA) is 38.3 Å². The van der Waals surface area contributed by atoms with Gasteiger partial charge < -0.3 is 10.1 Å². The lowest BCUT2D eigenvalue weighted by Crippen LogP contribution is -2.36. The minimum atomic E-state index is -4.85. The largest absolute Gasteiger partial charge is 0.493 e. The standard InChI is InChI=1S/C19H24F3NO2/c20-19(21,22)18(24)23-12-6-10-15-9-5-11-17(13-15)25-14-16-7-3-1-2-4-8-16/h5-6,9-11,13,16H,1-4,7-8,12,14H2,(H,23,24). The zero-order chi connectivity index (χ0) is 18.1. The normalized spacial score (nSPS) is 16.6. The van der Waals surface area contributed by atoms with Crippen LogP contribution in [0.4, 0.5) is 13.2 Å². The Morgan fingerprint density at radius 2 is 1.92 bits per heavy atom. The molecule has 0 aromatic heterocycles. The average molecular weight is 355 g/mol. The first-order valence-electron chi connectivity index (χ1n) is 8.69. The zero-order valence-corrected chi connectivity index (χ0v) is 14.1. The molecule has 1 aliphatic rings. The van der Waals surface area contributed by atoms with Gasteiger partial charge in [-0.2, -0.15) is 13.2 Å². The van der Waals surface area contributed by atoms with Crippen LogP contribution in [0.2, 0.25) is 0 Å². The summed E-state index contributed by atoms with van der Waals surface area (Å²) in [7, 11) is 0. The Kier molecular flexibility index (Phi) is 7.34. The number of halogens is 3. The van der Waals surface area contributed by atoms with Crippen LogP contribution in [0.5, 0.6) is 5.75 Å². The molecule has 3 nitrogen and oxygen atoms in total. The van der Waals surface area contributed by atoms with E-state index in [1.807, 2.05) is 24.3 Å². The molecular formula is C19H24F3NO2. The van der Waals surface area contributed by atoms with Crippen molar-refractivity contribution in [1.82, 2.24) is 5.32 Å². The minimum Gasteiger partial charge on any atom is -0.493 e. The Morgan fingerprint density at radius 3 is 2.60 bits per heavy atom. The minimum absolute atomic E-state index is 0.175. The Labute approximate surface area is 146 Å². The maximum atomic E-state index is 12.1. The first-order valence-corrected chi connectivity index (χ1v) is 8.69. The molecule has 0 spiro atoms. The molecule has 138 valence electrons. The molecule has 1 aromatic carbocycles. The maximum absolute atomic E-state index is 12.1. The Balaban J connectivity index is 1.79. The molecule has 0 unspecified atom stereocenters. The van der Waals surface area contributed by atoms with Crippen molar-refractivity contribution in [1.29, 1.82) is 0 Å². The lowest BCUT2D eigenvalue weighted by Gasteiger charge is -2.15. The lowest BCUT2D eigenvalue weighted by molar-refractivity contribution is -0.173. The highest BCUT2D eigenvalue weighted by atomic mass is 19.4. The Bertz CT molecular complexity index is 576. The van der Waals surface area contributed by atoms with Crippen molar-refractivity contribution in [2.24, 2.45) is 5.92 Å². The summed E-state index contributed by atoms with van der Waals surface area (Å²) in [5, 5.41) is 1.80. The fourth-order valence-electron chi connectivity index (χ4n) is 2.90. The molecule has 6 heteroatoms. The van der Waals surface area contributed by atoms with Gasteiger partial charge >= 0.3 is 12.1 Å². The molecule has 1 aromatic rings. The van der Waals surface area contributed by atoms with Crippen LogP contribution in [0.3, 0.4) is 0 Å². The van der Waals surface area contributed by atoms with Crippen molar-refractivity contribution in [2.75, 3.05) is 13.2 Å². The molecular weight excluding hydrogens is 331 g/mol. The fraction of sp³-hybridized carbons (Fsp3) is 0.526. The van der Waals surface area contributed by atoms with Gasteiger partial charge in [0.2, 0.25) is 0 Å². The van der Waals surface area contributed by atoms with Gasteiger partial charge in [-0.25, -0.2) is 0 Å². The number of ether oxygens (including phenoxy) is 1. The van der Waals surface area contributed by atoms with Crippen LogP contribution in [0.1, 0.15) is 44.1 Å². The third kappa shape index (κ3) is 7.20. The van der Waals surface area contributed by atoms with E-state index in [4.69, 9.17) is 4.74 Å². The van der Waals surface area contributed by atoms with Crippen LogP contribution in [0, 0.1) is 5.92 Å². The van der Waals surface area contributed by atoms with Crippen molar-refractivity contribution in [3.05, 3.63) is 35.9 Å². The summed E-state index contributed by atoms with van der Waals surface area (Å²) in [4.78, 5) is 10.7. The van der Waals surface area contributed by atoms with Gasteiger partial charge in [0.15, 0.2) is 0 Å². The number of hydrogen-bond acceptors (Lipinski definition) is 2. The van der Waals surface area contributed by atoms with Gasteiger partial charge in [-0.3, -0.25) is 4.79 Å². The molecule has 1 fully saturated rings. The van der Waals surface area contributed by atoms with Gasteiger partial charge in [-0.1, -0.05) is 50.0 Å². The predicted molar refractivity (Wildman–Crippen MR) is 91.2 cm³/mol. The molecule has 0 saturated heterocycles. The molecule has 2 rings (SSSR count). The van der Waals surface area contributed by atoms with Crippen LogP contribution in [0.25, 0.3) is 6.08 Å². The number of nitrogens with one attached hydrogen (secondary N) is 1. The predicted octanol–water partition coefficient (Wildman–Crippen LogP) is 4.73. The van der Waals surface area contributed by atoms with Gasteiger partial charge in [0.1, 0.15) is 5.75 Å². The van der Waals surface area contributed by atoms with E-state index in [1.165, 1.54) is 44.6 Å². The van der Waals surface area contributed by atoms with Crippen LogP contribution in [0.15, 0.2) is 30.3 Å². The Morgan fingerprint density at radius 1 is 1.20 bits per heavy atom. The highest BCUT2D eigenvalue weighted by Crippen LogP contribution is 2.24. The van der Waals surface area contributed by atoms with Gasteiger partial charge in [0, 0.05) is 6.54 Å². The van der Waals surface area contributed by atoms with Crippen molar-refractivity contribution in [3.63, 3.8) is 0 Å². The first-order chi connectivity index (χ1) is 11.9.